The molecule has 1 aromatic carbocycles. The Bertz CT molecular complexity index is 611. The van der Waals surface area contributed by atoms with Crippen molar-refractivity contribution >= 4 is 17.8 Å². The maximum Gasteiger partial charge on any atom is 0.338 e. The second-order valence-electron chi connectivity index (χ2n) is 5.78. The summed E-state index contributed by atoms with van der Waals surface area (Å²) in [6.07, 6.45) is 0.697. The van der Waals surface area contributed by atoms with Crippen molar-refractivity contribution in [3.05, 3.63) is 34.9 Å². The third-order valence-corrected chi connectivity index (χ3v) is 4.14. The van der Waals surface area contributed by atoms with Crippen LogP contribution in [0.4, 0.5) is 0 Å². The Morgan fingerprint density at radius 2 is 1.88 bits per heavy atom. The predicted molar refractivity (Wildman–Crippen MR) is 89.6 cm³/mol. The van der Waals surface area contributed by atoms with Gasteiger partial charge in [-0.15, -0.1) is 0 Å². The van der Waals surface area contributed by atoms with Crippen molar-refractivity contribution < 1.29 is 23.9 Å². The van der Waals surface area contributed by atoms with E-state index in [9.17, 15) is 14.4 Å². The van der Waals surface area contributed by atoms with Crippen LogP contribution in [0.25, 0.3) is 0 Å². The van der Waals surface area contributed by atoms with Crippen molar-refractivity contribution in [1.29, 1.82) is 0 Å². The van der Waals surface area contributed by atoms with Gasteiger partial charge in [0, 0.05) is 0 Å². The molecule has 0 aliphatic rings. The highest BCUT2D eigenvalue weighted by atomic mass is 16.5. The summed E-state index contributed by atoms with van der Waals surface area (Å²) in [6, 6.07) is 4.55. The summed E-state index contributed by atoms with van der Waals surface area (Å²) >= 11 is 0. The van der Waals surface area contributed by atoms with E-state index in [0.717, 1.165) is 11.1 Å². The van der Waals surface area contributed by atoms with Gasteiger partial charge in [-0.2, -0.15) is 0 Å². The van der Waals surface area contributed by atoms with Gasteiger partial charge in [-0.3, -0.25) is 4.79 Å². The number of carbonyl (C=O) groups is 3. The molecule has 0 aliphatic carbocycles. The van der Waals surface area contributed by atoms with E-state index >= 15 is 0 Å². The zero-order chi connectivity index (χ0) is 18.3. The first-order valence-electron chi connectivity index (χ1n) is 7.92. The van der Waals surface area contributed by atoms with Crippen LogP contribution in [0.5, 0.6) is 0 Å². The molecule has 0 fully saturated rings. The Hall–Kier alpha value is -2.37. The first kappa shape index (κ1) is 19.7. The van der Waals surface area contributed by atoms with Crippen LogP contribution in [0, 0.1) is 19.8 Å². The number of rotatable bonds is 7. The quantitative estimate of drug-likeness (QED) is 0.772. The molecule has 1 N–H and O–H groups in total. The molecular formula is C18H25NO5. The van der Waals surface area contributed by atoms with Crippen molar-refractivity contribution in [1.82, 2.24) is 5.32 Å². The SMILES string of the molecule is CC[C@@H](C)[C@@H](NC(=O)COC(=O)c1cccc(C)c1C)C(=O)OC. The highest BCUT2D eigenvalue weighted by Gasteiger charge is 2.27. The summed E-state index contributed by atoms with van der Waals surface area (Å²) in [7, 11) is 1.27. The lowest BCUT2D eigenvalue weighted by atomic mass is 9.99. The Balaban J connectivity index is 2.66. The van der Waals surface area contributed by atoms with Crippen LogP contribution in [-0.4, -0.2) is 37.6 Å². The molecule has 0 saturated heterocycles. The molecule has 1 amide bonds. The molecule has 6 heteroatoms. The summed E-state index contributed by atoms with van der Waals surface area (Å²) < 4.78 is 9.75. The Morgan fingerprint density at radius 1 is 1.21 bits per heavy atom. The fourth-order valence-corrected chi connectivity index (χ4v) is 2.19. The highest BCUT2D eigenvalue weighted by Crippen LogP contribution is 2.14. The highest BCUT2D eigenvalue weighted by molar-refractivity contribution is 5.93. The van der Waals surface area contributed by atoms with Crippen LogP contribution in [0.3, 0.4) is 0 Å². The average molecular weight is 335 g/mol. The van der Waals surface area contributed by atoms with Gasteiger partial charge in [0.25, 0.3) is 5.91 Å². The maximum atomic E-state index is 12.1. The second-order valence-corrected chi connectivity index (χ2v) is 5.78. The zero-order valence-electron chi connectivity index (χ0n) is 14.8. The minimum Gasteiger partial charge on any atom is -0.467 e. The van der Waals surface area contributed by atoms with Crippen LogP contribution in [0.2, 0.25) is 0 Å². The Kier molecular flexibility index (Phi) is 7.42. The third kappa shape index (κ3) is 5.08. The molecular weight excluding hydrogens is 310 g/mol. The van der Waals surface area contributed by atoms with E-state index in [0.29, 0.717) is 12.0 Å². The number of aryl methyl sites for hydroxylation is 1. The molecule has 0 saturated carbocycles. The second kappa shape index (κ2) is 9.05. The average Bonchev–Trinajstić information content (AvgIpc) is 2.58. The number of carbonyl (C=O) groups excluding carboxylic acids is 3. The van der Waals surface area contributed by atoms with Crippen molar-refractivity contribution in [2.75, 3.05) is 13.7 Å². The van der Waals surface area contributed by atoms with Gasteiger partial charge in [-0.1, -0.05) is 32.4 Å². The molecule has 0 aromatic heterocycles. The van der Waals surface area contributed by atoms with Crippen LogP contribution < -0.4 is 5.32 Å². The largest absolute Gasteiger partial charge is 0.467 e. The van der Waals surface area contributed by atoms with E-state index in [1.807, 2.05) is 33.8 Å². The number of nitrogens with one attached hydrogen (secondary N) is 1. The first-order chi connectivity index (χ1) is 11.3. The predicted octanol–water partition coefficient (Wildman–Crippen LogP) is 2.16. The lowest BCUT2D eigenvalue weighted by molar-refractivity contribution is -0.147. The van der Waals surface area contributed by atoms with Gasteiger partial charge in [0.15, 0.2) is 6.61 Å². The van der Waals surface area contributed by atoms with Crippen molar-refractivity contribution in [2.45, 2.75) is 40.2 Å². The number of benzene rings is 1. The van der Waals surface area contributed by atoms with Crippen LogP contribution in [0.1, 0.15) is 41.8 Å². The Labute approximate surface area is 142 Å². The Morgan fingerprint density at radius 3 is 2.46 bits per heavy atom. The fraction of sp³-hybridized carbons (Fsp3) is 0.500. The van der Waals surface area contributed by atoms with Crippen LogP contribution in [-0.2, 0) is 19.1 Å². The lowest BCUT2D eigenvalue weighted by Gasteiger charge is -2.21. The molecule has 0 heterocycles. The standard InChI is InChI=1S/C18H25NO5/c1-6-11(2)16(18(22)23-5)19-15(20)10-24-17(21)14-9-7-8-12(3)13(14)4/h7-9,11,16H,6,10H2,1-5H3,(H,19,20)/t11-,16-/m1/s1. The molecule has 6 nitrogen and oxygen atoms in total. The summed E-state index contributed by atoms with van der Waals surface area (Å²) in [5, 5.41) is 2.56. The van der Waals surface area contributed by atoms with Crippen molar-refractivity contribution in [3.8, 4) is 0 Å². The zero-order valence-corrected chi connectivity index (χ0v) is 14.8. The number of methoxy groups -OCH3 is 1. The fourth-order valence-electron chi connectivity index (χ4n) is 2.19. The molecule has 0 unspecified atom stereocenters. The van der Waals surface area contributed by atoms with E-state index in [2.05, 4.69) is 5.32 Å². The van der Waals surface area contributed by atoms with Crippen molar-refractivity contribution in [2.24, 2.45) is 5.92 Å². The summed E-state index contributed by atoms with van der Waals surface area (Å²) in [6.45, 7) is 7.02. The molecule has 2 atom stereocenters. The number of hydrogen-bond donors (Lipinski definition) is 1. The van der Waals surface area contributed by atoms with E-state index < -0.39 is 30.5 Å². The molecule has 24 heavy (non-hydrogen) atoms. The molecule has 0 aliphatic heterocycles. The summed E-state index contributed by atoms with van der Waals surface area (Å²) in [5.41, 5.74) is 2.21. The first-order valence-corrected chi connectivity index (χ1v) is 7.92. The van der Waals surface area contributed by atoms with Crippen LogP contribution >= 0.6 is 0 Å². The summed E-state index contributed by atoms with van der Waals surface area (Å²) in [5.74, 6) is -1.71. The van der Waals surface area contributed by atoms with E-state index in [1.165, 1.54) is 7.11 Å². The topological polar surface area (TPSA) is 81.7 Å². The summed E-state index contributed by atoms with van der Waals surface area (Å²) in [4.78, 5) is 35.8. The number of esters is 2. The minimum absolute atomic E-state index is 0.0869. The number of amides is 1. The van der Waals surface area contributed by atoms with Gasteiger partial charge >= 0.3 is 11.9 Å². The van der Waals surface area contributed by atoms with E-state index in [-0.39, 0.29) is 5.92 Å². The molecule has 0 radical (unpaired) electrons. The van der Waals surface area contributed by atoms with Gasteiger partial charge in [0.1, 0.15) is 6.04 Å². The van der Waals surface area contributed by atoms with Gasteiger partial charge in [0.2, 0.25) is 0 Å². The maximum absolute atomic E-state index is 12.1. The number of ether oxygens (including phenoxy) is 2. The normalized spacial score (nSPS) is 12.9. The molecule has 0 spiro atoms. The molecule has 1 aromatic rings. The van der Waals surface area contributed by atoms with Gasteiger partial charge in [0.05, 0.1) is 12.7 Å². The van der Waals surface area contributed by atoms with Crippen molar-refractivity contribution in [3.63, 3.8) is 0 Å². The molecule has 132 valence electrons. The minimum atomic E-state index is -0.757. The van der Waals surface area contributed by atoms with Gasteiger partial charge in [-0.25, -0.2) is 9.59 Å². The van der Waals surface area contributed by atoms with Crippen LogP contribution in [0.15, 0.2) is 18.2 Å². The number of hydrogen-bond acceptors (Lipinski definition) is 5. The third-order valence-electron chi connectivity index (χ3n) is 4.14. The van der Waals surface area contributed by atoms with Gasteiger partial charge < -0.3 is 14.8 Å². The molecule has 1 rings (SSSR count). The van der Waals surface area contributed by atoms with Gasteiger partial charge in [-0.05, 0) is 37.0 Å². The lowest BCUT2D eigenvalue weighted by Crippen LogP contribution is -2.47. The monoisotopic (exact) mass is 335 g/mol. The molecule has 0 bridgehead atoms. The smallest absolute Gasteiger partial charge is 0.338 e. The van der Waals surface area contributed by atoms with E-state index in [1.54, 1.807) is 12.1 Å². The van der Waals surface area contributed by atoms with E-state index in [4.69, 9.17) is 9.47 Å².